The molecule has 0 aliphatic rings. The van der Waals surface area contributed by atoms with Crippen molar-refractivity contribution in [2.45, 2.75) is 52.1 Å². The van der Waals surface area contributed by atoms with E-state index in [4.69, 9.17) is 0 Å². The van der Waals surface area contributed by atoms with Crippen molar-refractivity contribution in [3.63, 3.8) is 0 Å². The first-order chi connectivity index (χ1) is 19.5. The van der Waals surface area contributed by atoms with E-state index in [0.717, 1.165) is 45.8 Å². The number of nitrogens with zero attached hydrogens (tertiary/aromatic N) is 2. The van der Waals surface area contributed by atoms with E-state index in [-0.39, 0.29) is 43.4 Å². The van der Waals surface area contributed by atoms with Crippen LogP contribution in [0.2, 0.25) is 0 Å². The first-order valence-corrected chi connectivity index (χ1v) is 15.4. The van der Waals surface area contributed by atoms with E-state index in [2.05, 4.69) is 5.32 Å². The summed E-state index contributed by atoms with van der Waals surface area (Å²) in [6.45, 7) is 4.44. The van der Waals surface area contributed by atoms with Crippen molar-refractivity contribution in [2.75, 3.05) is 23.7 Å². The molecule has 2 amide bonds. The average Bonchev–Trinajstić information content (AvgIpc) is 2.94. The fourth-order valence-corrected chi connectivity index (χ4v) is 5.41. The van der Waals surface area contributed by atoms with Crippen LogP contribution >= 0.6 is 0 Å². The molecular weight excluding hydrogens is 548 g/mol. The molecule has 0 radical (unpaired) electrons. The fraction of sp³-hybridized carbons (Fsp3) is 0.355. The lowest BCUT2D eigenvalue weighted by molar-refractivity contribution is -0.141. The van der Waals surface area contributed by atoms with Crippen LogP contribution in [0.5, 0.6) is 0 Å². The number of amides is 2. The lowest BCUT2D eigenvalue weighted by Crippen LogP contribution is -2.50. The molecule has 0 saturated carbocycles. The largest absolute Gasteiger partial charge is 0.354 e. The second-order valence-electron chi connectivity index (χ2n) is 10.0. The third-order valence-corrected chi connectivity index (χ3v) is 7.83. The quantitative estimate of drug-likeness (QED) is 0.289. The van der Waals surface area contributed by atoms with Gasteiger partial charge in [-0.05, 0) is 43.0 Å². The Balaban J connectivity index is 1.87. The maximum absolute atomic E-state index is 13.9. The second kappa shape index (κ2) is 14.7. The highest BCUT2D eigenvalue weighted by molar-refractivity contribution is 7.92. The van der Waals surface area contributed by atoms with Gasteiger partial charge < -0.3 is 10.2 Å². The Bertz CT molecular complexity index is 1420. The minimum atomic E-state index is -3.84. The van der Waals surface area contributed by atoms with Crippen LogP contribution in [0.4, 0.5) is 14.5 Å². The number of hydrogen-bond donors (Lipinski definition) is 1. The first-order valence-electron chi connectivity index (χ1n) is 13.6. The van der Waals surface area contributed by atoms with Crippen LogP contribution in [0.1, 0.15) is 42.9 Å². The smallest absolute Gasteiger partial charge is 0.243 e. The summed E-state index contributed by atoms with van der Waals surface area (Å²) in [7, 11) is -3.84. The monoisotopic (exact) mass is 585 g/mol. The Morgan fingerprint density at radius 2 is 1.61 bits per heavy atom. The number of halogens is 2. The van der Waals surface area contributed by atoms with Gasteiger partial charge in [0.05, 0.1) is 11.9 Å². The topological polar surface area (TPSA) is 86.8 Å². The van der Waals surface area contributed by atoms with Crippen LogP contribution in [0, 0.1) is 18.6 Å². The Morgan fingerprint density at radius 3 is 2.22 bits per heavy atom. The van der Waals surface area contributed by atoms with E-state index in [1.807, 2.05) is 68.4 Å². The maximum Gasteiger partial charge on any atom is 0.243 e. The van der Waals surface area contributed by atoms with Crippen molar-refractivity contribution in [3.8, 4) is 0 Å². The third kappa shape index (κ3) is 9.38. The molecule has 3 rings (SSSR count). The van der Waals surface area contributed by atoms with Gasteiger partial charge in [-0.3, -0.25) is 13.9 Å². The number of nitrogens with one attached hydrogen (secondary N) is 1. The van der Waals surface area contributed by atoms with Crippen LogP contribution < -0.4 is 9.62 Å². The van der Waals surface area contributed by atoms with Gasteiger partial charge in [0.15, 0.2) is 11.6 Å². The second-order valence-corrected chi connectivity index (χ2v) is 11.9. The van der Waals surface area contributed by atoms with Gasteiger partial charge >= 0.3 is 0 Å². The summed E-state index contributed by atoms with van der Waals surface area (Å²) in [4.78, 5) is 28.7. The molecule has 41 heavy (non-hydrogen) atoms. The number of carbonyl (C=O) groups is 2. The zero-order chi connectivity index (χ0) is 30.0. The van der Waals surface area contributed by atoms with Gasteiger partial charge in [-0.25, -0.2) is 17.2 Å². The van der Waals surface area contributed by atoms with Gasteiger partial charge in [0.1, 0.15) is 6.04 Å². The van der Waals surface area contributed by atoms with E-state index < -0.39 is 27.7 Å². The van der Waals surface area contributed by atoms with Gasteiger partial charge in [0.25, 0.3) is 0 Å². The summed E-state index contributed by atoms with van der Waals surface area (Å²) >= 11 is 0. The Morgan fingerprint density at radius 1 is 0.927 bits per heavy atom. The van der Waals surface area contributed by atoms with Gasteiger partial charge in [0.2, 0.25) is 21.8 Å². The van der Waals surface area contributed by atoms with E-state index in [9.17, 15) is 26.8 Å². The van der Waals surface area contributed by atoms with Crippen LogP contribution in [-0.2, 0) is 32.6 Å². The lowest BCUT2D eigenvalue weighted by atomic mass is 10.0. The molecule has 1 N–H and O–H groups in total. The zero-order valence-electron chi connectivity index (χ0n) is 23.6. The molecule has 10 heteroatoms. The number of carbonyl (C=O) groups excluding carboxylic acids is 2. The molecule has 0 spiro atoms. The minimum absolute atomic E-state index is 0.0312. The van der Waals surface area contributed by atoms with Crippen molar-refractivity contribution >= 4 is 27.5 Å². The van der Waals surface area contributed by atoms with Gasteiger partial charge in [0, 0.05) is 38.5 Å². The predicted octanol–water partition coefficient (Wildman–Crippen LogP) is 4.99. The molecule has 0 heterocycles. The third-order valence-electron chi connectivity index (χ3n) is 6.64. The summed E-state index contributed by atoms with van der Waals surface area (Å²) < 4.78 is 53.2. The normalized spacial score (nSPS) is 12.0. The SMILES string of the molecule is CCCNC(=O)[C@H](Cc1ccccc1)N(Cc1ccc(C)cc1)C(=O)CCCN(c1ccc(F)c(F)c1)S(C)(=O)=O. The maximum atomic E-state index is 13.9. The molecule has 7 nitrogen and oxygen atoms in total. The highest BCUT2D eigenvalue weighted by Gasteiger charge is 2.30. The van der Waals surface area contributed by atoms with Gasteiger partial charge in [-0.15, -0.1) is 0 Å². The lowest BCUT2D eigenvalue weighted by Gasteiger charge is -2.32. The molecule has 0 aliphatic heterocycles. The van der Waals surface area contributed by atoms with Crippen LogP contribution in [-0.4, -0.2) is 50.5 Å². The van der Waals surface area contributed by atoms with Gasteiger partial charge in [-0.2, -0.15) is 0 Å². The number of anilines is 1. The van der Waals surface area contributed by atoms with E-state index in [1.54, 1.807) is 4.90 Å². The molecule has 3 aromatic carbocycles. The average molecular weight is 586 g/mol. The van der Waals surface area contributed by atoms with E-state index >= 15 is 0 Å². The van der Waals surface area contributed by atoms with Crippen molar-refractivity contribution in [1.82, 2.24) is 10.2 Å². The summed E-state index contributed by atoms with van der Waals surface area (Å²) in [6.07, 6.45) is 2.05. The fourth-order valence-electron chi connectivity index (χ4n) is 4.45. The molecule has 0 aliphatic carbocycles. The highest BCUT2D eigenvalue weighted by atomic mass is 32.2. The van der Waals surface area contributed by atoms with Gasteiger partial charge in [-0.1, -0.05) is 67.1 Å². The number of benzene rings is 3. The number of rotatable bonds is 14. The number of sulfonamides is 1. The minimum Gasteiger partial charge on any atom is -0.354 e. The van der Waals surface area contributed by atoms with Crippen LogP contribution in [0.15, 0.2) is 72.8 Å². The Kier molecular flexibility index (Phi) is 11.4. The van der Waals surface area contributed by atoms with Crippen LogP contribution in [0.3, 0.4) is 0 Å². The van der Waals surface area contributed by atoms with Crippen molar-refractivity contribution in [2.24, 2.45) is 0 Å². The first kappa shape index (κ1) is 31.7. The summed E-state index contributed by atoms with van der Waals surface area (Å²) in [5.41, 5.74) is 2.78. The molecule has 3 aromatic rings. The predicted molar refractivity (Wildman–Crippen MR) is 157 cm³/mol. The standard InChI is InChI=1S/C31H37F2N3O4S/c1-4-18-34-31(38)29(20-24-9-6-5-7-10-24)35(22-25-14-12-23(2)13-15-25)30(37)11-8-19-36(41(3,39)40)26-16-17-27(32)28(33)21-26/h5-7,9-10,12-17,21,29H,4,8,11,18-20,22H2,1-3H3,(H,34,38)/t29-/m0/s1. The number of hydrogen-bond acceptors (Lipinski definition) is 4. The molecular formula is C31H37F2N3O4S. The highest BCUT2D eigenvalue weighted by Crippen LogP contribution is 2.22. The van der Waals surface area contributed by atoms with Crippen LogP contribution in [0.25, 0.3) is 0 Å². The molecule has 0 bridgehead atoms. The van der Waals surface area contributed by atoms with Crippen molar-refractivity contribution in [1.29, 1.82) is 0 Å². The molecule has 220 valence electrons. The van der Waals surface area contributed by atoms with E-state index in [0.29, 0.717) is 13.0 Å². The Labute approximate surface area is 241 Å². The number of aryl methyl sites for hydroxylation is 1. The van der Waals surface area contributed by atoms with Crippen molar-refractivity contribution < 1.29 is 26.8 Å². The molecule has 0 unspecified atom stereocenters. The summed E-state index contributed by atoms with van der Waals surface area (Å²) in [5.74, 6) is -2.85. The molecule has 0 saturated heterocycles. The van der Waals surface area contributed by atoms with E-state index in [1.165, 1.54) is 6.07 Å². The Hall–Kier alpha value is -3.79. The molecule has 0 aromatic heterocycles. The summed E-state index contributed by atoms with van der Waals surface area (Å²) in [6, 6.07) is 19.2. The molecule has 0 fully saturated rings. The molecule has 1 atom stereocenters. The van der Waals surface area contributed by atoms with Crippen molar-refractivity contribution in [3.05, 3.63) is 101 Å². The summed E-state index contributed by atoms with van der Waals surface area (Å²) in [5, 5.41) is 2.92. The zero-order valence-corrected chi connectivity index (χ0v) is 24.5.